The van der Waals surface area contributed by atoms with E-state index in [0.29, 0.717) is 5.65 Å². The van der Waals surface area contributed by atoms with E-state index in [1.807, 2.05) is 25.1 Å². The van der Waals surface area contributed by atoms with Crippen LogP contribution in [0.15, 0.2) is 30.6 Å². The predicted molar refractivity (Wildman–Crippen MR) is 66.3 cm³/mol. The van der Waals surface area contributed by atoms with Gasteiger partial charge >= 0.3 is 0 Å². The van der Waals surface area contributed by atoms with Gasteiger partial charge in [-0.05, 0) is 13.0 Å². The van der Waals surface area contributed by atoms with E-state index >= 15 is 0 Å². The summed E-state index contributed by atoms with van der Waals surface area (Å²) in [4.78, 5) is 15.5. The van der Waals surface area contributed by atoms with Crippen LogP contribution >= 0.6 is 0 Å². The number of nitrogens with zero attached hydrogens (tertiary/aromatic N) is 3. The van der Waals surface area contributed by atoms with Crippen molar-refractivity contribution in [3.05, 3.63) is 36.2 Å². The van der Waals surface area contributed by atoms with Crippen LogP contribution < -0.4 is 5.73 Å². The zero-order chi connectivity index (χ0) is 11.8. The van der Waals surface area contributed by atoms with Crippen LogP contribution in [0.3, 0.4) is 0 Å². The van der Waals surface area contributed by atoms with E-state index in [9.17, 15) is 0 Å². The second-order valence-electron chi connectivity index (χ2n) is 3.90. The van der Waals surface area contributed by atoms with E-state index in [2.05, 4.69) is 26.0 Å². The molecule has 0 aliphatic carbocycles. The number of nitrogen functional groups attached to an aromatic ring is 1. The lowest BCUT2D eigenvalue weighted by molar-refractivity contribution is 1.22. The molecule has 2 aromatic heterocycles. The number of anilines is 1. The molecule has 5 heteroatoms. The summed E-state index contributed by atoms with van der Waals surface area (Å²) in [7, 11) is 0. The summed E-state index contributed by atoms with van der Waals surface area (Å²) in [6, 6.07) is 8.08. The topological polar surface area (TPSA) is 80.5 Å². The zero-order valence-electron chi connectivity index (χ0n) is 9.31. The summed E-state index contributed by atoms with van der Waals surface area (Å²) in [6.45, 7) is 2.04. The minimum Gasteiger partial charge on any atom is -0.368 e. The van der Waals surface area contributed by atoms with Crippen LogP contribution in [0.5, 0.6) is 0 Å². The Labute approximate surface area is 97.7 Å². The number of rotatable bonds is 1. The third-order valence-corrected chi connectivity index (χ3v) is 2.59. The van der Waals surface area contributed by atoms with Crippen LogP contribution in [-0.4, -0.2) is 19.9 Å². The number of hydrogen-bond donors (Lipinski definition) is 2. The van der Waals surface area contributed by atoms with Crippen molar-refractivity contribution in [2.24, 2.45) is 0 Å². The standard InChI is InChI=1S/C12H11N5/c1-7-3-2-4-8(5-7)9-10-11(15-6-14-10)17-12(13)16-9/h2-6H,1H3,(H3,13,14,15,16,17). The molecule has 0 spiro atoms. The van der Waals surface area contributed by atoms with Crippen molar-refractivity contribution in [1.29, 1.82) is 0 Å². The average molecular weight is 225 g/mol. The van der Waals surface area contributed by atoms with E-state index in [0.717, 1.165) is 16.8 Å². The first kappa shape index (κ1) is 9.77. The SMILES string of the molecule is Cc1cccc(-c2nc(N)nc3nc[nH]c23)c1. The molecule has 0 saturated heterocycles. The largest absolute Gasteiger partial charge is 0.368 e. The second-order valence-corrected chi connectivity index (χ2v) is 3.90. The number of H-pyrrole nitrogens is 1. The number of hydrogen-bond acceptors (Lipinski definition) is 4. The summed E-state index contributed by atoms with van der Waals surface area (Å²) in [5.41, 5.74) is 10.1. The number of benzene rings is 1. The Balaban J connectivity index is 2.32. The lowest BCUT2D eigenvalue weighted by Gasteiger charge is -2.04. The third kappa shape index (κ3) is 1.61. The molecule has 1 aromatic carbocycles. The number of nitrogens with two attached hydrogens (primary N) is 1. The summed E-state index contributed by atoms with van der Waals surface area (Å²) < 4.78 is 0. The van der Waals surface area contributed by atoms with Crippen molar-refractivity contribution < 1.29 is 0 Å². The molecule has 2 heterocycles. The van der Waals surface area contributed by atoms with Gasteiger partial charge in [-0.25, -0.2) is 9.97 Å². The monoisotopic (exact) mass is 225 g/mol. The van der Waals surface area contributed by atoms with Gasteiger partial charge in [0.25, 0.3) is 0 Å². The maximum absolute atomic E-state index is 5.68. The van der Waals surface area contributed by atoms with Gasteiger partial charge in [-0.3, -0.25) is 0 Å². The van der Waals surface area contributed by atoms with E-state index in [1.54, 1.807) is 6.33 Å². The molecular formula is C12H11N5. The normalized spacial score (nSPS) is 10.9. The van der Waals surface area contributed by atoms with Gasteiger partial charge in [0.1, 0.15) is 11.2 Å². The predicted octanol–water partition coefficient (Wildman–Crippen LogP) is 1.91. The van der Waals surface area contributed by atoms with Gasteiger partial charge in [0.15, 0.2) is 5.65 Å². The molecule has 0 radical (unpaired) electrons. The molecular weight excluding hydrogens is 214 g/mol. The molecule has 3 rings (SSSR count). The number of nitrogens with one attached hydrogen (secondary N) is 1. The van der Waals surface area contributed by atoms with E-state index in [-0.39, 0.29) is 5.95 Å². The smallest absolute Gasteiger partial charge is 0.222 e. The Bertz CT molecular complexity index is 686. The lowest BCUT2D eigenvalue weighted by Crippen LogP contribution is -1.97. The van der Waals surface area contributed by atoms with Gasteiger partial charge in [0.2, 0.25) is 5.95 Å². The number of aryl methyl sites for hydroxylation is 1. The highest BCUT2D eigenvalue weighted by atomic mass is 15.1. The molecule has 5 nitrogen and oxygen atoms in total. The Morgan fingerprint density at radius 1 is 1.24 bits per heavy atom. The molecule has 17 heavy (non-hydrogen) atoms. The zero-order valence-corrected chi connectivity index (χ0v) is 9.31. The third-order valence-electron chi connectivity index (χ3n) is 2.59. The van der Waals surface area contributed by atoms with Crippen molar-refractivity contribution >= 4 is 17.1 Å². The van der Waals surface area contributed by atoms with Crippen LogP contribution in [0, 0.1) is 6.92 Å². The number of fused-ring (bicyclic) bond motifs is 1. The number of aromatic amines is 1. The lowest BCUT2D eigenvalue weighted by atomic mass is 10.1. The Morgan fingerprint density at radius 3 is 2.94 bits per heavy atom. The van der Waals surface area contributed by atoms with Crippen molar-refractivity contribution in [3.8, 4) is 11.3 Å². The fraction of sp³-hybridized carbons (Fsp3) is 0.0833. The average Bonchev–Trinajstić information content (AvgIpc) is 2.75. The Kier molecular flexibility index (Phi) is 2.04. The first-order valence-corrected chi connectivity index (χ1v) is 5.27. The molecule has 3 N–H and O–H groups in total. The maximum atomic E-state index is 5.68. The second kappa shape index (κ2) is 3.55. The minimum absolute atomic E-state index is 0.237. The molecule has 0 aliphatic heterocycles. The molecule has 0 saturated carbocycles. The Hall–Kier alpha value is -2.43. The first-order chi connectivity index (χ1) is 8.24. The van der Waals surface area contributed by atoms with Crippen LogP contribution in [0.2, 0.25) is 0 Å². The molecule has 0 aliphatic rings. The molecule has 3 aromatic rings. The van der Waals surface area contributed by atoms with Crippen molar-refractivity contribution in [2.75, 3.05) is 5.73 Å². The summed E-state index contributed by atoms with van der Waals surface area (Å²) in [6.07, 6.45) is 1.60. The van der Waals surface area contributed by atoms with Crippen molar-refractivity contribution in [3.63, 3.8) is 0 Å². The van der Waals surface area contributed by atoms with Gasteiger partial charge in [-0.2, -0.15) is 4.98 Å². The summed E-state index contributed by atoms with van der Waals surface area (Å²) in [5, 5.41) is 0. The minimum atomic E-state index is 0.237. The first-order valence-electron chi connectivity index (χ1n) is 5.27. The quantitative estimate of drug-likeness (QED) is 0.663. The van der Waals surface area contributed by atoms with E-state index in [1.165, 1.54) is 5.56 Å². The Morgan fingerprint density at radius 2 is 2.12 bits per heavy atom. The highest BCUT2D eigenvalue weighted by Crippen LogP contribution is 2.24. The van der Waals surface area contributed by atoms with Gasteiger partial charge < -0.3 is 10.7 Å². The molecule has 0 bridgehead atoms. The maximum Gasteiger partial charge on any atom is 0.222 e. The number of aromatic nitrogens is 4. The highest BCUT2D eigenvalue weighted by Gasteiger charge is 2.10. The van der Waals surface area contributed by atoms with Crippen LogP contribution in [0.25, 0.3) is 22.4 Å². The summed E-state index contributed by atoms with van der Waals surface area (Å²) >= 11 is 0. The summed E-state index contributed by atoms with van der Waals surface area (Å²) in [5.74, 6) is 0.237. The molecule has 0 unspecified atom stereocenters. The van der Waals surface area contributed by atoms with Crippen LogP contribution in [0.1, 0.15) is 5.56 Å². The fourth-order valence-corrected chi connectivity index (χ4v) is 1.85. The van der Waals surface area contributed by atoms with Gasteiger partial charge in [0.05, 0.1) is 6.33 Å². The molecule has 0 amide bonds. The molecule has 0 atom stereocenters. The number of imidazole rings is 1. The molecule has 0 fully saturated rings. The van der Waals surface area contributed by atoms with E-state index < -0.39 is 0 Å². The van der Waals surface area contributed by atoms with Crippen molar-refractivity contribution in [1.82, 2.24) is 19.9 Å². The van der Waals surface area contributed by atoms with Gasteiger partial charge in [0, 0.05) is 5.56 Å². The molecule has 84 valence electrons. The fourth-order valence-electron chi connectivity index (χ4n) is 1.85. The van der Waals surface area contributed by atoms with Crippen LogP contribution in [-0.2, 0) is 0 Å². The van der Waals surface area contributed by atoms with Gasteiger partial charge in [-0.1, -0.05) is 23.8 Å². The van der Waals surface area contributed by atoms with E-state index in [4.69, 9.17) is 5.73 Å². The van der Waals surface area contributed by atoms with Crippen molar-refractivity contribution in [2.45, 2.75) is 6.92 Å². The van der Waals surface area contributed by atoms with Gasteiger partial charge in [-0.15, -0.1) is 0 Å². The van der Waals surface area contributed by atoms with Crippen LogP contribution in [0.4, 0.5) is 5.95 Å². The highest BCUT2D eigenvalue weighted by molar-refractivity contribution is 5.87.